The topological polar surface area (TPSA) is 66.4 Å². The van der Waals surface area contributed by atoms with Crippen LogP contribution in [0.2, 0.25) is 0 Å². The van der Waals surface area contributed by atoms with E-state index in [1.165, 1.54) is 0 Å². The zero-order valence-electron chi connectivity index (χ0n) is 15.5. The van der Waals surface area contributed by atoms with Gasteiger partial charge in [0.2, 0.25) is 10.0 Å². The lowest BCUT2D eigenvalue weighted by Gasteiger charge is -2.34. The van der Waals surface area contributed by atoms with Gasteiger partial charge in [-0.05, 0) is 37.3 Å². The fourth-order valence-electron chi connectivity index (χ4n) is 2.94. The van der Waals surface area contributed by atoms with E-state index in [9.17, 15) is 34.8 Å². The molecule has 0 aliphatic carbocycles. The molecule has 0 spiro atoms. The monoisotopic (exact) mass is 454 g/mol. The van der Waals surface area contributed by atoms with Crippen LogP contribution < -0.4 is 4.90 Å². The van der Waals surface area contributed by atoms with Crippen molar-refractivity contribution in [3.05, 3.63) is 47.2 Å². The molecule has 0 N–H and O–H groups in total. The summed E-state index contributed by atoms with van der Waals surface area (Å²) in [6.07, 6.45) is -10.3. The molecule has 1 aromatic heterocycles. The molecule has 0 amide bonds. The average Bonchev–Trinajstić information content (AvgIpc) is 2.67. The molecule has 3 rings (SSSR count). The molecule has 1 aliphatic rings. The summed E-state index contributed by atoms with van der Waals surface area (Å²) in [6, 6.07) is 3.75. The van der Waals surface area contributed by atoms with Gasteiger partial charge in [0.15, 0.2) is 5.82 Å². The first-order valence-electron chi connectivity index (χ1n) is 8.63. The number of rotatable bonds is 3. The maximum atomic E-state index is 13.0. The molecule has 1 aliphatic heterocycles. The first-order valence-corrected chi connectivity index (χ1v) is 10.1. The number of hydrogen-bond acceptors (Lipinski definition) is 5. The van der Waals surface area contributed by atoms with Gasteiger partial charge in [0.25, 0.3) is 0 Å². The van der Waals surface area contributed by atoms with Crippen molar-refractivity contribution in [3.63, 3.8) is 0 Å². The van der Waals surface area contributed by atoms with Crippen LogP contribution in [-0.4, -0.2) is 49.1 Å². The van der Waals surface area contributed by atoms with E-state index in [-0.39, 0.29) is 44.4 Å². The van der Waals surface area contributed by atoms with E-state index in [2.05, 4.69) is 10.2 Å². The Morgan fingerprint density at radius 1 is 0.833 bits per heavy atom. The van der Waals surface area contributed by atoms with Gasteiger partial charge in [-0.1, -0.05) is 0 Å². The zero-order valence-corrected chi connectivity index (χ0v) is 16.3. The number of anilines is 1. The zero-order chi connectivity index (χ0) is 22.3. The van der Waals surface area contributed by atoms with Crippen LogP contribution in [0.15, 0.2) is 35.2 Å². The largest absolute Gasteiger partial charge is 0.416 e. The molecule has 2 heterocycles. The first-order chi connectivity index (χ1) is 13.8. The van der Waals surface area contributed by atoms with E-state index in [1.807, 2.05) is 0 Å². The molecule has 1 saturated heterocycles. The fourth-order valence-corrected chi connectivity index (χ4v) is 4.44. The Balaban J connectivity index is 1.88. The van der Waals surface area contributed by atoms with E-state index >= 15 is 0 Å². The van der Waals surface area contributed by atoms with Crippen molar-refractivity contribution < 1.29 is 34.8 Å². The SMILES string of the molecule is Cc1ccc(N2CCN(S(=O)(=O)c3cc(C(F)(F)F)cc(C(F)(F)F)c3)CC2)nn1. The summed E-state index contributed by atoms with van der Waals surface area (Å²) in [7, 11) is -4.57. The summed E-state index contributed by atoms with van der Waals surface area (Å²) in [5, 5.41) is 7.88. The molecule has 13 heteroatoms. The van der Waals surface area contributed by atoms with Crippen LogP contribution in [0.25, 0.3) is 0 Å². The van der Waals surface area contributed by atoms with E-state index in [0.29, 0.717) is 11.5 Å². The Hall–Kier alpha value is -2.41. The minimum absolute atomic E-state index is 0.104. The van der Waals surface area contributed by atoms with Gasteiger partial charge in [-0.2, -0.15) is 35.7 Å². The Morgan fingerprint density at radius 3 is 1.80 bits per heavy atom. The highest BCUT2D eigenvalue weighted by Gasteiger charge is 2.39. The second kappa shape index (κ2) is 7.69. The lowest BCUT2D eigenvalue weighted by molar-refractivity contribution is -0.143. The smallest absolute Gasteiger partial charge is 0.352 e. The van der Waals surface area contributed by atoms with Crippen LogP contribution in [0.3, 0.4) is 0 Å². The van der Waals surface area contributed by atoms with Gasteiger partial charge in [0, 0.05) is 26.2 Å². The van der Waals surface area contributed by atoms with Crippen LogP contribution >= 0.6 is 0 Å². The van der Waals surface area contributed by atoms with Crippen LogP contribution in [0.4, 0.5) is 32.2 Å². The van der Waals surface area contributed by atoms with E-state index < -0.39 is 38.4 Å². The molecule has 164 valence electrons. The Morgan fingerprint density at radius 2 is 1.37 bits per heavy atom. The predicted molar refractivity (Wildman–Crippen MR) is 94.2 cm³/mol. The predicted octanol–water partition coefficient (Wildman–Crippen LogP) is 3.33. The second-order valence-corrected chi connectivity index (χ2v) is 8.60. The number of nitrogens with zero attached hydrogens (tertiary/aromatic N) is 4. The number of halogens is 6. The minimum Gasteiger partial charge on any atom is -0.352 e. The van der Waals surface area contributed by atoms with Crippen molar-refractivity contribution in [2.75, 3.05) is 31.1 Å². The fraction of sp³-hybridized carbons (Fsp3) is 0.412. The van der Waals surface area contributed by atoms with Crippen molar-refractivity contribution in [1.29, 1.82) is 0 Å². The number of aromatic nitrogens is 2. The summed E-state index contributed by atoms with van der Waals surface area (Å²) < 4.78 is 105. The summed E-state index contributed by atoms with van der Waals surface area (Å²) >= 11 is 0. The molecule has 0 unspecified atom stereocenters. The third kappa shape index (κ3) is 4.67. The average molecular weight is 454 g/mol. The van der Waals surface area contributed by atoms with Gasteiger partial charge in [-0.3, -0.25) is 0 Å². The van der Waals surface area contributed by atoms with Gasteiger partial charge in [-0.15, -0.1) is 5.10 Å². The normalized spacial score (nSPS) is 16.7. The molecule has 0 atom stereocenters. The Labute approximate surface area is 168 Å². The third-order valence-electron chi connectivity index (χ3n) is 4.55. The van der Waals surface area contributed by atoms with Crippen LogP contribution in [-0.2, 0) is 22.4 Å². The number of piperazine rings is 1. The van der Waals surface area contributed by atoms with E-state index in [4.69, 9.17) is 0 Å². The maximum absolute atomic E-state index is 13.0. The van der Waals surface area contributed by atoms with E-state index in [1.54, 1.807) is 24.0 Å². The lowest BCUT2D eigenvalue weighted by Crippen LogP contribution is -2.49. The molecular weight excluding hydrogens is 438 g/mol. The molecule has 1 fully saturated rings. The van der Waals surface area contributed by atoms with Crippen molar-refractivity contribution in [2.24, 2.45) is 0 Å². The minimum atomic E-state index is -5.13. The van der Waals surface area contributed by atoms with Crippen molar-refractivity contribution in [2.45, 2.75) is 24.2 Å². The van der Waals surface area contributed by atoms with Gasteiger partial charge < -0.3 is 4.90 Å². The standard InChI is InChI=1S/C17H16F6N4O2S/c1-11-2-3-15(25-24-11)26-4-6-27(7-5-26)30(28,29)14-9-12(16(18,19)20)8-13(10-14)17(21,22)23/h2-3,8-10H,4-7H2,1H3. The lowest BCUT2D eigenvalue weighted by atomic mass is 10.1. The highest BCUT2D eigenvalue weighted by molar-refractivity contribution is 7.89. The molecule has 1 aromatic carbocycles. The molecule has 2 aromatic rings. The van der Waals surface area contributed by atoms with Crippen LogP contribution in [0.1, 0.15) is 16.8 Å². The Bertz CT molecular complexity index is 982. The number of alkyl halides is 6. The molecular formula is C17H16F6N4O2S. The highest BCUT2D eigenvalue weighted by Crippen LogP contribution is 2.37. The molecule has 0 saturated carbocycles. The van der Waals surface area contributed by atoms with Crippen molar-refractivity contribution in [1.82, 2.24) is 14.5 Å². The first kappa shape index (κ1) is 22.3. The molecule has 0 radical (unpaired) electrons. The van der Waals surface area contributed by atoms with Crippen LogP contribution in [0, 0.1) is 6.92 Å². The summed E-state index contributed by atoms with van der Waals surface area (Å²) in [4.78, 5) is 0.680. The number of benzene rings is 1. The highest BCUT2D eigenvalue weighted by atomic mass is 32.2. The van der Waals surface area contributed by atoms with Crippen LogP contribution in [0.5, 0.6) is 0 Å². The van der Waals surface area contributed by atoms with Gasteiger partial charge in [0.1, 0.15) is 0 Å². The molecule has 6 nitrogen and oxygen atoms in total. The summed E-state index contributed by atoms with van der Waals surface area (Å²) in [5.41, 5.74) is -2.67. The number of sulfonamides is 1. The number of hydrogen-bond donors (Lipinski definition) is 0. The molecule has 0 bridgehead atoms. The van der Waals surface area contributed by atoms with E-state index in [0.717, 1.165) is 4.31 Å². The maximum Gasteiger partial charge on any atom is 0.416 e. The van der Waals surface area contributed by atoms with Gasteiger partial charge in [0.05, 0.1) is 21.7 Å². The van der Waals surface area contributed by atoms with Gasteiger partial charge in [-0.25, -0.2) is 8.42 Å². The second-order valence-electron chi connectivity index (χ2n) is 6.67. The third-order valence-corrected chi connectivity index (χ3v) is 6.42. The summed E-state index contributed by atoms with van der Waals surface area (Å²) in [6.45, 7) is 1.79. The summed E-state index contributed by atoms with van der Waals surface area (Å²) in [5.74, 6) is 0.496. The quantitative estimate of drug-likeness (QED) is 0.666. The number of aryl methyl sites for hydroxylation is 1. The van der Waals surface area contributed by atoms with Crippen molar-refractivity contribution in [3.8, 4) is 0 Å². The molecule has 30 heavy (non-hydrogen) atoms. The van der Waals surface area contributed by atoms with Crippen molar-refractivity contribution >= 4 is 15.8 Å². The van der Waals surface area contributed by atoms with Gasteiger partial charge >= 0.3 is 12.4 Å². The Kier molecular flexibility index (Phi) is 5.71.